The smallest absolute Gasteiger partial charge is 0.000519 e. The Hall–Kier alpha value is -0.120. The molecule has 3 N–H and O–H groups in total. The molecule has 0 unspecified atom stereocenters. The highest BCUT2D eigenvalue weighted by Crippen LogP contribution is 2.33. The van der Waals surface area contributed by atoms with Crippen LogP contribution in [0.4, 0.5) is 0 Å². The Morgan fingerprint density at radius 3 is 2.50 bits per heavy atom. The maximum Gasteiger partial charge on any atom is 0.000519 e. The monoisotopic (exact) mass is 227 g/mol. The number of piperidine rings is 1. The van der Waals surface area contributed by atoms with E-state index in [1.165, 1.54) is 25.9 Å². The minimum Gasteiger partial charge on any atom is -0.330 e. The van der Waals surface area contributed by atoms with Crippen LogP contribution in [0.15, 0.2) is 0 Å². The lowest BCUT2D eigenvalue weighted by Gasteiger charge is -2.40. The third-order valence-corrected chi connectivity index (χ3v) is 3.96. The summed E-state index contributed by atoms with van der Waals surface area (Å²) < 4.78 is 0. The van der Waals surface area contributed by atoms with E-state index in [9.17, 15) is 0 Å². The largest absolute Gasteiger partial charge is 0.330 e. The number of rotatable bonds is 6. The van der Waals surface area contributed by atoms with Gasteiger partial charge in [-0.1, -0.05) is 13.8 Å². The van der Waals surface area contributed by atoms with Crippen LogP contribution in [-0.4, -0.2) is 44.7 Å². The van der Waals surface area contributed by atoms with E-state index in [1.807, 2.05) is 0 Å². The van der Waals surface area contributed by atoms with Gasteiger partial charge in [0.2, 0.25) is 0 Å². The molecule has 0 atom stereocenters. The summed E-state index contributed by atoms with van der Waals surface area (Å²) in [7, 11) is 2.22. The summed E-state index contributed by atoms with van der Waals surface area (Å²) >= 11 is 0. The van der Waals surface area contributed by atoms with Crippen molar-refractivity contribution in [1.82, 2.24) is 10.2 Å². The van der Waals surface area contributed by atoms with Crippen LogP contribution in [0.1, 0.15) is 33.1 Å². The summed E-state index contributed by atoms with van der Waals surface area (Å²) in [5, 5.41) is 3.54. The molecule has 1 fully saturated rings. The molecule has 1 rings (SSSR count). The Morgan fingerprint density at radius 1 is 1.31 bits per heavy atom. The molecule has 0 aromatic carbocycles. The van der Waals surface area contributed by atoms with Crippen molar-refractivity contribution in [2.45, 2.75) is 33.1 Å². The predicted molar refractivity (Wildman–Crippen MR) is 70.5 cm³/mol. The van der Waals surface area contributed by atoms with Gasteiger partial charge in [0.15, 0.2) is 0 Å². The molecule has 1 heterocycles. The minimum absolute atomic E-state index is 0.426. The van der Waals surface area contributed by atoms with Crippen LogP contribution in [0.2, 0.25) is 0 Å². The first-order valence-corrected chi connectivity index (χ1v) is 6.65. The van der Waals surface area contributed by atoms with E-state index in [2.05, 4.69) is 31.1 Å². The van der Waals surface area contributed by atoms with Crippen molar-refractivity contribution in [3.8, 4) is 0 Å². The number of nitrogens with one attached hydrogen (secondary N) is 1. The summed E-state index contributed by atoms with van der Waals surface area (Å²) in [4.78, 5) is 2.44. The van der Waals surface area contributed by atoms with Crippen LogP contribution >= 0.6 is 0 Å². The van der Waals surface area contributed by atoms with Gasteiger partial charge in [-0.15, -0.1) is 0 Å². The van der Waals surface area contributed by atoms with E-state index in [4.69, 9.17) is 5.73 Å². The Bertz CT molecular complexity index is 184. The molecule has 0 aromatic rings. The molecule has 0 aromatic heterocycles. The van der Waals surface area contributed by atoms with Gasteiger partial charge in [0.1, 0.15) is 0 Å². The van der Waals surface area contributed by atoms with E-state index < -0.39 is 0 Å². The van der Waals surface area contributed by atoms with Crippen LogP contribution in [0.25, 0.3) is 0 Å². The minimum atomic E-state index is 0.426. The second kappa shape index (κ2) is 6.58. The third-order valence-electron chi connectivity index (χ3n) is 3.96. The maximum atomic E-state index is 5.49. The summed E-state index contributed by atoms with van der Waals surface area (Å²) in [5.74, 6) is 0.870. The lowest BCUT2D eigenvalue weighted by molar-refractivity contribution is 0.113. The molecule has 0 amide bonds. The van der Waals surface area contributed by atoms with E-state index in [1.54, 1.807) is 0 Å². The Balaban J connectivity index is 2.26. The highest BCUT2D eigenvalue weighted by atomic mass is 15.1. The van der Waals surface area contributed by atoms with Gasteiger partial charge in [0.25, 0.3) is 0 Å². The standard InChI is InChI=1S/C13H29N3/c1-13(2,11-15-8-4-7-14)12-5-9-16(3)10-6-12/h12,15H,4-11,14H2,1-3H3. The molecule has 96 valence electrons. The van der Waals surface area contributed by atoms with Gasteiger partial charge in [-0.25, -0.2) is 0 Å². The van der Waals surface area contributed by atoms with Crippen LogP contribution < -0.4 is 11.1 Å². The number of hydrogen-bond acceptors (Lipinski definition) is 3. The van der Waals surface area contributed by atoms with Gasteiger partial charge in [0, 0.05) is 6.54 Å². The Morgan fingerprint density at radius 2 is 1.94 bits per heavy atom. The van der Waals surface area contributed by atoms with Crippen molar-refractivity contribution < 1.29 is 0 Å². The lowest BCUT2D eigenvalue weighted by Crippen LogP contribution is -2.42. The van der Waals surface area contributed by atoms with Gasteiger partial charge in [-0.3, -0.25) is 0 Å². The van der Waals surface area contributed by atoms with Gasteiger partial charge >= 0.3 is 0 Å². The zero-order valence-electron chi connectivity index (χ0n) is 11.3. The van der Waals surface area contributed by atoms with Crippen molar-refractivity contribution >= 4 is 0 Å². The fraction of sp³-hybridized carbons (Fsp3) is 1.00. The number of likely N-dealkylation sites (tertiary alicyclic amines) is 1. The average Bonchev–Trinajstić information content (AvgIpc) is 2.25. The topological polar surface area (TPSA) is 41.3 Å². The van der Waals surface area contributed by atoms with Crippen LogP contribution in [0.3, 0.4) is 0 Å². The first-order chi connectivity index (χ1) is 7.56. The molecule has 0 radical (unpaired) electrons. The maximum absolute atomic E-state index is 5.49. The molecular formula is C13H29N3. The van der Waals surface area contributed by atoms with Crippen LogP contribution in [0, 0.1) is 11.3 Å². The molecule has 3 nitrogen and oxygen atoms in total. The SMILES string of the molecule is CN1CCC(C(C)(C)CNCCCN)CC1. The zero-order valence-corrected chi connectivity index (χ0v) is 11.3. The predicted octanol–water partition coefficient (Wildman–Crippen LogP) is 1.29. The molecule has 0 saturated carbocycles. The molecule has 1 saturated heterocycles. The second-order valence-electron chi connectivity index (χ2n) is 5.89. The molecule has 3 heteroatoms. The van der Waals surface area contributed by atoms with Crippen molar-refractivity contribution in [1.29, 1.82) is 0 Å². The van der Waals surface area contributed by atoms with Crippen molar-refractivity contribution in [3.63, 3.8) is 0 Å². The van der Waals surface area contributed by atoms with Crippen LogP contribution in [-0.2, 0) is 0 Å². The van der Waals surface area contributed by atoms with Gasteiger partial charge in [-0.05, 0) is 63.8 Å². The van der Waals surface area contributed by atoms with Crippen molar-refractivity contribution in [2.24, 2.45) is 17.1 Å². The molecule has 1 aliphatic rings. The fourth-order valence-corrected chi connectivity index (χ4v) is 2.57. The highest BCUT2D eigenvalue weighted by molar-refractivity contribution is 4.84. The first-order valence-electron chi connectivity index (χ1n) is 6.65. The molecule has 16 heavy (non-hydrogen) atoms. The molecule has 1 aliphatic heterocycles. The second-order valence-corrected chi connectivity index (χ2v) is 5.89. The summed E-state index contributed by atoms with van der Waals surface area (Å²) in [5.41, 5.74) is 5.92. The van der Waals surface area contributed by atoms with E-state index in [-0.39, 0.29) is 0 Å². The molecular weight excluding hydrogens is 198 g/mol. The first kappa shape index (κ1) is 13.9. The van der Waals surface area contributed by atoms with Gasteiger partial charge < -0.3 is 16.0 Å². The quantitative estimate of drug-likeness (QED) is 0.672. The highest BCUT2D eigenvalue weighted by Gasteiger charge is 2.31. The average molecular weight is 227 g/mol. The summed E-state index contributed by atoms with van der Waals surface area (Å²) in [6, 6.07) is 0. The fourth-order valence-electron chi connectivity index (χ4n) is 2.57. The number of hydrogen-bond donors (Lipinski definition) is 2. The van der Waals surface area contributed by atoms with E-state index in [0.717, 1.165) is 32.0 Å². The molecule has 0 bridgehead atoms. The molecule has 0 spiro atoms. The van der Waals surface area contributed by atoms with Gasteiger partial charge in [0.05, 0.1) is 0 Å². The van der Waals surface area contributed by atoms with Crippen LogP contribution in [0.5, 0.6) is 0 Å². The lowest BCUT2D eigenvalue weighted by atomic mass is 9.73. The normalized spacial score (nSPS) is 20.2. The summed E-state index contributed by atoms with van der Waals surface area (Å²) in [6.07, 6.45) is 3.79. The number of nitrogens with zero attached hydrogens (tertiary/aromatic N) is 1. The van der Waals surface area contributed by atoms with E-state index in [0.29, 0.717) is 5.41 Å². The molecule has 0 aliphatic carbocycles. The van der Waals surface area contributed by atoms with Crippen molar-refractivity contribution in [3.05, 3.63) is 0 Å². The third kappa shape index (κ3) is 4.40. The Labute approximate surface area is 101 Å². The van der Waals surface area contributed by atoms with Crippen molar-refractivity contribution in [2.75, 3.05) is 39.8 Å². The Kier molecular flexibility index (Phi) is 5.73. The summed E-state index contributed by atoms with van der Waals surface area (Å²) in [6.45, 7) is 10.3. The van der Waals surface area contributed by atoms with E-state index >= 15 is 0 Å². The zero-order chi connectivity index (χ0) is 12.0. The number of nitrogens with two attached hydrogens (primary N) is 1. The van der Waals surface area contributed by atoms with Gasteiger partial charge in [-0.2, -0.15) is 0 Å².